The Bertz CT molecular complexity index is 916. The van der Waals surface area contributed by atoms with Gasteiger partial charge in [0.15, 0.2) is 0 Å². The Morgan fingerprint density at radius 3 is 2.39 bits per heavy atom. The van der Waals surface area contributed by atoms with Gasteiger partial charge in [-0.05, 0) is 49.2 Å². The SMILES string of the molecule is COc1ccc(CCNC(=O)[C@@H](C)NS(=O)(=O)c2cc(Cl)ccc2OC)cc1. The van der Waals surface area contributed by atoms with E-state index >= 15 is 0 Å². The molecule has 0 fully saturated rings. The molecule has 9 heteroatoms. The number of ether oxygens (including phenoxy) is 2. The predicted molar refractivity (Wildman–Crippen MR) is 107 cm³/mol. The molecule has 0 aromatic heterocycles. The summed E-state index contributed by atoms with van der Waals surface area (Å²) in [6, 6.07) is 10.8. The van der Waals surface area contributed by atoms with Gasteiger partial charge in [-0.15, -0.1) is 0 Å². The molecule has 0 unspecified atom stereocenters. The maximum absolute atomic E-state index is 12.6. The van der Waals surface area contributed by atoms with Crippen LogP contribution < -0.4 is 19.5 Å². The number of amides is 1. The number of carbonyl (C=O) groups is 1. The standard InChI is InChI=1S/C19H23ClN2O5S/c1-13(19(23)21-11-10-14-4-7-16(26-2)8-5-14)22-28(24,25)18-12-15(20)6-9-17(18)27-3/h4-9,12-13,22H,10-11H2,1-3H3,(H,21,23)/t13-/m1/s1. The molecule has 2 rings (SSSR count). The lowest BCUT2D eigenvalue weighted by atomic mass is 10.1. The topological polar surface area (TPSA) is 93.7 Å². The van der Waals surface area contributed by atoms with E-state index in [2.05, 4.69) is 10.0 Å². The molecule has 2 N–H and O–H groups in total. The molecule has 0 aliphatic rings. The van der Waals surface area contributed by atoms with Crippen molar-refractivity contribution in [2.45, 2.75) is 24.3 Å². The van der Waals surface area contributed by atoms with E-state index in [0.29, 0.717) is 13.0 Å². The highest BCUT2D eigenvalue weighted by atomic mass is 35.5. The summed E-state index contributed by atoms with van der Waals surface area (Å²) in [6.07, 6.45) is 0.608. The molecule has 0 radical (unpaired) electrons. The largest absolute Gasteiger partial charge is 0.497 e. The van der Waals surface area contributed by atoms with E-state index in [1.165, 1.54) is 32.2 Å². The summed E-state index contributed by atoms with van der Waals surface area (Å²) in [5, 5.41) is 2.97. The molecule has 7 nitrogen and oxygen atoms in total. The van der Waals surface area contributed by atoms with E-state index in [1.54, 1.807) is 7.11 Å². The van der Waals surface area contributed by atoms with E-state index in [9.17, 15) is 13.2 Å². The first-order valence-electron chi connectivity index (χ1n) is 8.53. The zero-order valence-electron chi connectivity index (χ0n) is 15.9. The van der Waals surface area contributed by atoms with Gasteiger partial charge in [-0.25, -0.2) is 8.42 Å². The van der Waals surface area contributed by atoms with Crippen molar-refractivity contribution in [2.75, 3.05) is 20.8 Å². The minimum atomic E-state index is -3.99. The van der Waals surface area contributed by atoms with Crippen LogP contribution in [-0.2, 0) is 21.2 Å². The number of rotatable bonds is 9. The van der Waals surface area contributed by atoms with E-state index < -0.39 is 22.0 Å². The van der Waals surface area contributed by atoms with E-state index in [4.69, 9.17) is 21.1 Å². The molecular formula is C19H23ClN2O5S. The number of halogens is 1. The molecule has 1 amide bonds. The summed E-state index contributed by atoms with van der Waals surface area (Å²) in [5.74, 6) is 0.467. The van der Waals surface area contributed by atoms with Crippen LogP contribution in [0.25, 0.3) is 0 Å². The van der Waals surface area contributed by atoms with Crippen LogP contribution in [0, 0.1) is 0 Å². The molecule has 2 aromatic rings. The van der Waals surface area contributed by atoms with Crippen LogP contribution in [0.5, 0.6) is 11.5 Å². The molecule has 0 spiro atoms. The number of benzene rings is 2. The maximum atomic E-state index is 12.6. The van der Waals surface area contributed by atoms with E-state index in [-0.39, 0.29) is 15.7 Å². The van der Waals surface area contributed by atoms with Gasteiger partial charge >= 0.3 is 0 Å². The predicted octanol–water partition coefficient (Wildman–Crippen LogP) is 2.38. The highest BCUT2D eigenvalue weighted by Crippen LogP contribution is 2.27. The zero-order chi connectivity index (χ0) is 20.7. The van der Waals surface area contributed by atoms with Crippen molar-refractivity contribution in [1.82, 2.24) is 10.0 Å². The highest BCUT2D eigenvalue weighted by molar-refractivity contribution is 7.89. The molecule has 1 atom stereocenters. The fraction of sp³-hybridized carbons (Fsp3) is 0.316. The second-order valence-corrected chi connectivity index (χ2v) is 8.15. The Kier molecular flexibility index (Phi) is 7.68. The van der Waals surface area contributed by atoms with Crippen LogP contribution in [0.1, 0.15) is 12.5 Å². The Balaban J connectivity index is 1.94. The quantitative estimate of drug-likeness (QED) is 0.642. The van der Waals surface area contributed by atoms with Crippen molar-refractivity contribution in [3.8, 4) is 11.5 Å². The van der Waals surface area contributed by atoms with Gasteiger partial charge in [-0.3, -0.25) is 4.79 Å². The summed E-state index contributed by atoms with van der Waals surface area (Å²) < 4.78 is 37.7. The Hall–Kier alpha value is -2.29. The highest BCUT2D eigenvalue weighted by Gasteiger charge is 2.25. The maximum Gasteiger partial charge on any atom is 0.245 e. The third kappa shape index (κ3) is 5.85. The van der Waals surface area contributed by atoms with Crippen molar-refractivity contribution in [3.05, 3.63) is 53.1 Å². The number of carbonyl (C=O) groups excluding carboxylic acids is 1. The van der Waals surface area contributed by atoms with Gasteiger partial charge < -0.3 is 14.8 Å². The lowest BCUT2D eigenvalue weighted by Crippen LogP contribution is -2.45. The minimum Gasteiger partial charge on any atom is -0.497 e. The van der Waals surface area contributed by atoms with Crippen molar-refractivity contribution in [1.29, 1.82) is 0 Å². The van der Waals surface area contributed by atoms with Crippen LogP contribution in [0.15, 0.2) is 47.4 Å². The summed E-state index contributed by atoms with van der Waals surface area (Å²) >= 11 is 5.89. The van der Waals surface area contributed by atoms with Gasteiger partial charge in [0.05, 0.1) is 20.3 Å². The van der Waals surface area contributed by atoms with Crippen LogP contribution in [0.3, 0.4) is 0 Å². The number of methoxy groups -OCH3 is 2. The Morgan fingerprint density at radius 2 is 1.79 bits per heavy atom. The average Bonchev–Trinajstić information content (AvgIpc) is 2.68. The van der Waals surface area contributed by atoms with Crippen molar-refractivity contribution < 1.29 is 22.7 Å². The molecule has 0 heterocycles. The zero-order valence-corrected chi connectivity index (χ0v) is 17.4. The Morgan fingerprint density at radius 1 is 1.11 bits per heavy atom. The molecule has 152 valence electrons. The first-order chi connectivity index (χ1) is 13.3. The summed E-state index contributed by atoms with van der Waals surface area (Å²) in [5.41, 5.74) is 1.03. The minimum absolute atomic E-state index is 0.125. The monoisotopic (exact) mass is 426 g/mol. The van der Waals surface area contributed by atoms with Crippen molar-refractivity contribution >= 4 is 27.5 Å². The third-order valence-corrected chi connectivity index (χ3v) is 5.81. The van der Waals surface area contributed by atoms with E-state index in [0.717, 1.165) is 11.3 Å². The molecule has 0 aliphatic heterocycles. The van der Waals surface area contributed by atoms with Gasteiger partial charge in [0.1, 0.15) is 16.4 Å². The first-order valence-corrected chi connectivity index (χ1v) is 10.4. The fourth-order valence-corrected chi connectivity index (χ4v) is 4.12. The van der Waals surface area contributed by atoms with Crippen molar-refractivity contribution in [3.63, 3.8) is 0 Å². The van der Waals surface area contributed by atoms with Gasteiger partial charge in [0.25, 0.3) is 0 Å². The average molecular weight is 427 g/mol. The first kappa shape index (κ1) is 22.0. The molecule has 0 aliphatic carbocycles. The van der Waals surface area contributed by atoms with E-state index in [1.807, 2.05) is 24.3 Å². The van der Waals surface area contributed by atoms with Crippen LogP contribution in [0.4, 0.5) is 0 Å². The van der Waals surface area contributed by atoms with Gasteiger partial charge in [-0.1, -0.05) is 23.7 Å². The third-order valence-electron chi connectivity index (χ3n) is 4.01. The lowest BCUT2D eigenvalue weighted by molar-refractivity contribution is -0.122. The molecule has 0 saturated carbocycles. The molecule has 2 aromatic carbocycles. The summed E-state index contributed by atoms with van der Waals surface area (Å²) in [7, 11) is -1.04. The fourth-order valence-electron chi connectivity index (χ4n) is 2.49. The normalized spacial score (nSPS) is 12.3. The molecular weight excluding hydrogens is 404 g/mol. The summed E-state index contributed by atoms with van der Waals surface area (Å²) in [4.78, 5) is 12.1. The van der Waals surface area contributed by atoms with Gasteiger partial charge in [0.2, 0.25) is 15.9 Å². The van der Waals surface area contributed by atoms with Crippen LogP contribution in [-0.4, -0.2) is 41.1 Å². The number of hydrogen-bond donors (Lipinski definition) is 2. The second-order valence-electron chi connectivity index (χ2n) is 6.03. The van der Waals surface area contributed by atoms with Gasteiger partial charge in [-0.2, -0.15) is 4.72 Å². The second kappa shape index (κ2) is 9.77. The lowest BCUT2D eigenvalue weighted by Gasteiger charge is -2.16. The Labute approximate surface area is 170 Å². The molecule has 0 bridgehead atoms. The molecule has 28 heavy (non-hydrogen) atoms. The summed E-state index contributed by atoms with van der Waals surface area (Å²) in [6.45, 7) is 1.84. The number of hydrogen-bond acceptors (Lipinski definition) is 5. The molecule has 0 saturated heterocycles. The van der Waals surface area contributed by atoms with Crippen LogP contribution in [0.2, 0.25) is 5.02 Å². The number of nitrogens with one attached hydrogen (secondary N) is 2. The number of sulfonamides is 1. The van der Waals surface area contributed by atoms with Crippen LogP contribution >= 0.6 is 11.6 Å². The van der Waals surface area contributed by atoms with Gasteiger partial charge in [0, 0.05) is 11.6 Å². The smallest absolute Gasteiger partial charge is 0.245 e. The van der Waals surface area contributed by atoms with Crippen molar-refractivity contribution in [2.24, 2.45) is 0 Å².